The number of alkyl halides is 3. The first-order chi connectivity index (χ1) is 17.4. The minimum Gasteiger partial charge on any atom is -0.406 e. The van der Waals surface area contributed by atoms with Crippen LogP contribution in [-0.4, -0.2) is 80.1 Å². The van der Waals surface area contributed by atoms with E-state index in [9.17, 15) is 13.2 Å². The Balaban J connectivity index is 1.54. The third-order valence-corrected chi connectivity index (χ3v) is 4.92. The first-order valence-electron chi connectivity index (χ1n) is 11.7. The molecule has 11 nitrogen and oxygen atoms in total. The van der Waals surface area contributed by atoms with Crippen molar-refractivity contribution in [1.29, 1.82) is 0 Å². The maximum atomic E-state index is 12.3. The number of hydrogen-bond donors (Lipinski definition) is 4. The predicted molar refractivity (Wildman–Crippen MR) is 127 cm³/mol. The topological polar surface area (TPSA) is 138 Å². The second-order valence-electron chi connectivity index (χ2n) is 7.81. The number of benzene rings is 1. The van der Waals surface area contributed by atoms with Crippen molar-refractivity contribution >= 4 is 17.8 Å². The lowest BCUT2D eigenvalue weighted by Crippen LogP contribution is -2.21. The summed E-state index contributed by atoms with van der Waals surface area (Å²) in [5, 5.41) is 9.35. The Morgan fingerprint density at radius 3 is 2.22 bits per heavy atom. The van der Waals surface area contributed by atoms with Gasteiger partial charge in [0, 0.05) is 32.8 Å². The van der Waals surface area contributed by atoms with Crippen LogP contribution in [0.3, 0.4) is 0 Å². The van der Waals surface area contributed by atoms with Gasteiger partial charge in [-0.15, -0.1) is 13.2 Å². The molecule has 1 aromatic heterocycles. The molecule has 1 aliphatic rings. The van der Waals surface area contributed by atoms with Crippen molar-refractivity contribution in [2.45, 2.75) is 31.9 Å². The minimum absolute atomic E-state index is 0.0990. The van der Waals surface area contributed by atoms with Gasteiger partial charge in [-0.1, -0.05) is 12.1 Å². The molecule has 1 fully saturated rings. The minimum atomic E-state index is -4.73. The lowest BCUT2D eigenvalue weighted by molar-refractivity contribution is -0.274. The molecule has 0 bridgehead atoms. The van der Waals surface area contributed by atoms with Crippen molar-refractivity contribution in [2.75, 3.05) is 68.6 Å². The van der Waals surface area contributed by atoms with E-state index in [-0.39, 0.29) is 18.4 Å². The number of aromatic nitrogens is 3. The largest absolute Gasteiger partial charge is 0.573 e. The smallest absolute Gasteiger partial charge is 0.406 e. The van der Waals surface area contributed by atoms with Crippen molar-refractivity contribution in [2.24, 2.45) is 5.73 Å². The quantitative estimate of drug-likeness (QED) is 0.245. The maximum absolute atomic E-state index is 12.3. The molecule has 14 heteroatoms. The number of nitrogens with one attached hydrogen (secondary N) is 3. The van der Waals surface area contributed by atoms with Crippen LogP contribution in [0.5, 0.6) is 5.75 Å². The van der Waals surface area contributed by atoms with Crippen LogP contribution in [-0.2, 0) is 20.8 Å². The number of rotatable bonds is 16. The zero-order valence-electron chi connectivity index (χ0n) is 19.9. The zero-order chi connectivity index (χ0) is 25.6. The SMILES string of the molecule is NCCOCCOCCNc1nc(NCc2ccc(OC(F)(F)F)cc2)nc(NCC2CCCO2)n1. The Hall–Kier alpha value is -2.94. The number of anilines is 3. The zero-order valence-corrected chi connectivity index (χ0v) is 19.9. The van der Waals surface area contributed by atoms with Gasteiger partial charge in [0.2, 0.25) is 17.8 Å². The summed E-state index contributed by atoms with van der Waals surface area (Å²) in [7, 11) is 0. The highest BCUT2D eigenvalue weighted by atomic mass is 19.4. The molecule has 0 aliphatic carbocycles. The van der Waals surface area contributed by atoms with Gasteiger partial charge in [-0.3, -0.25) is 0 Å². The Morgan fingerprint density at radius 2 is 1.58 bits per heavy atom. The van der Waals surface area contributed by atoms with Gasteiger partial charge in [-0.25, -0.2) is 0 Å². The standard InChI is InChI=1S/C22H32F3N7O4/c23-22(24,25)36-17-5-3-16(4-6-17)14-28-20-30-19(27-8-11-34-13-12-33-10-7-26)31-21(32-20)29-15-18-2-1-9-35-18/h3-6,18H,1-2,7-15,26H2,(H3,27,28,29,30,31,32). The summed E-state index contributed by atoms with van der Waals surface area (Å²) < 4.78 is 57.3. The van der Waals surface area contributed by atoms with E-state index < -0.39 is 6.36 Å². The maximum Gasteiger partial charge on any atom is 0.573 e. The second-order valence-corrected chi connectivity index (χ2v) is 7.81. The van der Waals surface area contributed by atoms with Crippen LogP contribution in [0, 0.1) is 0 Å². The molecule has 2 aromatic rings. The van der Waals surface area contributed by atoms with Gasteiger partial charge in [0.25, 0.3) is 0 Å². The molecule has 1 atom stereocenters. The number of hydrogen-bond acceptors (Lipinski definition) is 11. The van der Waals surface area contributed by atoms with Gasteiger partial charge in [0.1, 0.15) is 5.75 Å². The normalized spacial score (nSPS) is 15.6. The Labute approximate surface area is 207 Å². The highest BCUT2D eigenvalue weighted by Gasteiger charge is 2.30. The highest BCUT2D eigenvalue weighted by Crippen LogP contribution is 2.23. The number of nitrogens with two attached hydrogens (primary N) is 1. The molecule has 0 radical (unpaired) electrons. The molecule has 2 heterocycles. The average molecular weight is 516 g/mol. The van der Waals surface area contributed by atoms with Crippen molar-refractivity contribution in [3.05, 3.63) is 29.8 Å². The number of nitrogens with zero attached hydrogens (tertiary/aromatic N) is 3. The molecule has 0 amide bonds. The fraction of sp³-hybridized carbons (Fsp3) is 0.591. The molecular weight excluding hydrogens is 483 g/mol. The third kappa shape index (κ3) is 10.8. The van der Waals surface area contributed by atoms with E-state index in [0.717, 1.165) is 25.0 Å². The van der Waals surface area contributed by atoms with Crippen molar-refractivity contribution in [3.8, 4) is 5.75 Å². The second kappa shape index (κ2) is 14.6. The van der Waals surface area contributed by atoms with E-state index in [4.69, 9.17) is 19.9 Å². The van der Waals surface area contributed by atoms with E-state index in [1.807, 2.05) is 0 Å². The monoisotopic (exact) mass is 515 g/mol. The lowest BCUT2D eigenvalue weighted by Gasteiger charge is -2.14. The van der Waals surface area contributed by atoms with Crippen LogP contribution in [0.15, 0.2) is 24.3 Å². The number of halogens is 3. The lowest BCUT2D eigenvalue weighted by atomic mass is 10.2. The Bertz CT molecular complexity index is 900. The van der Waals surface area contributed by atoms with Gasteiger partial charge in [0.05, 0.1) is 32.5 Å². The van der Waals surface area contributed by atoms with E-state index >= 15 is 0 Å². The molecule has 0 spiro atoms. The third-order valence-electron chi connectivity index (χ3n) is 4.92. The summed E-state index contributed by atoms with van der Waals surface area (Å²) in [5.74, 6) is 0.732. The molecule has 3 rings (SSSR count). The van der Waals surface area contributed by atoms with Crippen LogP contribution < -0.4 is 26.4 Å². The highest BCUT2D eigenvalue weighted by molar-refractivity contribution is 5.43. The summed E-state index contributed by atoms with van der Waals surface area (Å²) in [6.45, 7) is 4.37. The van der Waals surface area contributed by atoms with Gasteiger partial charge >= 0.3 is 6.36 Å². The van der Waals surface area contributed by atoms with Crippen molar-refractivity contribution in [3.63, 3.8) is 0 Å². The van der Waals surface area contributed by atoms with E-state index in [0.29, 0.717) is 63.9 Å². The van der Waals surface area contributed by atoms with Crippen LogP contribution >= 0.6 is 0 Å². The Morgan fingerprint density at radius 1 is 0.917 bits per heavy atom. The fourth-order valence-corrected chi connectivity index (χ4v) is 3.25. The van der Waals surface area contributed by atoms with Gasteiger partial charge in [-0.2, -0.15) is 15.0 Å². The van der Waals surface area contributed by atoms with Crippen LogP contribution in [0.2, 0.25) is 0 Å². The van der Waals surface area contributed by atoms with E-state index in [1.54, 1.807) is 0 Å². The van der Waals surface area contributed by atoms with Gasteiger partial charge in [-0.05, 0) is 30.5 Å². The molecule has 1 aromatic carbocycles. The van der Waals surface area contributed by atoms with Crippen LogP contribution in [0.1, 0.15) is 18.4 Å². The van der Waals surface area contributed by atoms with Crippen LogP contribution in [0.25, 0.3) is 0 Å². The van der Waals surface area contributed by atoms with Crippen molar-refractivity contribution < 1.29 is 32.1 Å². The molecule has 1 aliphatic heterocycles. The average Bonchev–Trinajstić information content (AvgIpc) is 3.37. The summed E-state index contributed by atoms with van der Waals surface area (Å²) >= 11 is 0. The first kappa shape index (κ1) is 27.6. The Kier molecular flexibility index (Phi) is 11.2. The molecule has 1 saturated heterocycles. The summed E-state index contributed by atoms with van der Waals surface area (Å²) in [6.07, 6.45) is -2.64. The van der Waals surface area contributed by atoms with Gasteiger partial charge < -0.3 is 40.6 Å². The molecule has 1 unspecified atom stereocenters. The van der Waals surface area contributed by atoms with E-state index in [1.165, 1.54) is 24.3 Å². The van der Waals surface area contributed by atoms with Gasteiger partial charge in [0.15, 0.2) is 0 Å². The van der Waals surface area contributed by atoms with Crippen LogP contribution in [0.4, 0.5) is 31.0 Å². The fourth-order valence-electron chi connectivity index (χ4n) is 3.25. The summed E-state index contributed by atoms with van der Waals surface area (Å²) in [6, 6.07) is 5.56. The van der Waals surface area contributed by atoms with Crippen molar-refractivity contribution in [1.82, 2.24) is 15.0 Å². The molecular formula is C22H32F3N7O4. The summed E-state index contributed by atoms with van der Waals surface area (Å²) in [5.41, 5.74) is 6.08. The molecule has 5 N–H and O–H groups in total. The summed E-state index contributed by atoms with van der Waals surface area (Å²) in [4.78, 5) is 13.2. The molecule has 36 heavy (non-hydrogen) atoms. The molecule has 0 saturated carbocycles. The molecule has 200 valence electrons. The number of ether oxygens (including phenoxy) is 4. The van der Waals surface area contributed by atoms with E-state index in [2.05, 4.69) is 35.6 Å². The predicted octanol–water partition coefficient (Wildman–Crippen LogP) is 2.38. The first-order valence-corrected chi connectivity index (χ1v) is 11.7.